The number of thiophene rings is 1. The molecule has 0 radical (unpaired) electrons. The Morgan fingerprint density at radius 3 is 2.82 bits per heavy atom. The monoisotopic (exact) mass is 377 g/mol. The number of nitrogens with one attached hydrogen (secondary N) is 1. The summed E-state index contributed by atoms with van der Waals surface area (Å²) in [6, 6.07) is 3.83. The molecule has 3 rings (SSSR count). The maximum atomic E-state index is 12.2. The van der Waals surface area contributed by atoms with Gasteiger partial charge in [0.1, 0.15) is 9.88 Å². The van der Waals surface area contributed by atoms with Crippen LogP contribution in [-0.2, 0) is 0 Å². The van der Waals surface area contributed by atoms with Gasteiger partial charge in [-0.05, 0) is 37.8 Å². The van der Waals surface area contributed by atoms with Crippen molar-refractivity contribution in [1.82, 2.24) is 10.3 Å². The van der Waals surface area contributed by atoms with Crippen molar-refractivity contribution in [3.63, 3.8) is 0 Å². The molecule has 2 heterocycles. The first-order valence-electron chi connectivity index (χ1n) is 6.81. The van der Waals surface area contributed by atoms with E-state index in [1.54, 1.807) is 0 Å². The third-order valence-corrected chi connectivity index (χ3v) is 6.07. The Hall–Kier alpha value is -0.660. The molecule has 1 aliphatic rings. The number of amides is 1. The van der Waals surface area contributed by atoms with Gasteiger partial charge in [0.2, 0.25) is 0 Å². The van der Waals surface area contributed by atoms with Crippen molar-refractivity contribution in [2.24, 2.45) is 11.7 Å². The van der Waals surface area contributed by atoms with E-state index in [0.29, 0.717) is 17.3 Å². The quantitative estimate of drug-likeness (QED) is 0.833. The molecule has 1 saturated carbocycles. The highest BCUT2D eigenvalue weighted by atomic mass is 35.5. The first-order valence-corrected chi connectivity index (χ1v) is 8.82. The van der Waals surface area contributed by atoms with Crippen LogP contribution in [0, 0.1) is 12.8 Å². The molecule has 0 bridgehead atoms. The smallest absolute Gasteiger partial charge is 0.263 e. The Bertz CT molecular complexity index is 667. The molecule has 2 aromatic heterocycles. The molecule has 1 atom stereocenters. The molecular weight excluding hydrogens is 361 g/mol. The average molecular weight is 378 g/mol. The number of hydrogen-bond donors (Lipinski definition) is 2. The van der Waals surface area contributed by atoms with Crippen molar-refractivity contribution >= 4 is 52.6 Å². The summed E-state index contributed by atoms with van der Waals surface area (Å²) in [6.07, 6.45) is 2.36. The molecule has 3 N–H and O–H groups in total. The second-order valence-corrected chi connectivity index (χ2v) is 7.96. The molecule has 120 valence electrons. The van der Waals surface area contributed by atoms with E-state index in [-0.39, 0.29) is 24.4 Å². The molecule has 0 saturated heterocycles. The van der Waals surface area contributed by atoms with Gasteiger partial charge in [-0.2, -0.15) is 0 Å². The second kappa shape index (κ2) is 7.27. The zero-order valence-corrected chi connectivity index (χ0v) is 15.2. The van der Waals surface area contributed by atoms with Gasteiger partial charge in [-0.1, -0.05) is 11.6 Å². The Balaban J connectivity index is 0.00000176. The summed E-state index contributed by atoms with van der Waals surface area (Å²) in [5, 5.41) is 3.75. The number of carbonyl (C=O) groups is 1. The minimum absolute atomic E-state index is 0. The van der Waals surface area contributed by atoms with Crippen molar-refractivity contribution in [1.29, 1.82) is 0 Å². The highest BCUT2D eigenvalue weighted by Gasteiger charge is 2.28. The molecule has 22 heavy (non-hydrogen) atoms. The van der Waals surface area contributed by atoms with Gasteiger partial charge < -0.3 is 11.1 Å². The Morgan fingerprint density at radius 1 is 1.50 bits per heavy atom. The van der Waals surface area contributed by atoms with Gasteiger partial charge in [-0.3, -0.25) is 4.79 Å². The van der Waals surface area contributed by atoms with Crippen molar-refractivity contribution < 1.29 is 4.79 Å². The van der Waals surface area contributed by atoms with Crippen LogP contribution in [0.4, 0.5) is 0 Å². The third kappa shape index (κ3) is 4.00. The van der Waals surface area contributed by atoms with Crippen LogP contribution in [0.25, 0.3) is 9.88 Å². The Morgan fingerprint density at radius 2 is 2.23 bits per heavy atom. The van der Waals surface area contributed by atoms with E-state index in [1.165, 1.54) is 35.5 Å². The number of rotatable bonds is 5. The van der Waals surface area contributed by atoms with Crippen molar-refractivity contribution in [2.75, 3.05) is 6.54 Å². The summed E-state index contributed by atoms with van der Waals surface area (Å²) in [7, 11) is 0. The predicted molar refractivity (Wildman–Crippen MR) is 95.5 cm³/mol. The fourth-order valence-electron chi connectivity index (χ4n) is 2.12. The standard InChI is InChI=1S/C14H16ClN3OS2.ClH/c1-7-12(13(19)17-6-9(16)8-2-3-8)21-14(18-7)10-4-5-11(15)20-10;/h4-5,8-9H,2-3,6,16H2,1H3,(H,17,19);1H. The van der Waals surface area contributed by atoms with Crippen molar-refractivity contribution in [3.8, 4) is 9.88 Å². The molecule has 0 aromatic carbocycles. The van der Waals surface area contributed by atoms with Gasteiger partial charge in [0.25, 0.3) is 5.91 Å². The number of carbonyl (C=O) groups excluding carboxylic acids is 1. The van der Waals surface area contributed by atoms with E-state index in [1.807, 2.05) is 19.1 Å². The highest BCUT2D eigenvalue weighted by molar-refractivity contribution is 7.24. The number of halogens is 2. The average Bonchev–Trinajstić information content (AvgIpc) is 3.11. The fourth-order valence-corrected chi connectivity index (χ4v) is 4.20. The number of thiazole rings is 1. The zero-order chi connectivity index (χ0) is 15.0. The Kier molecular flexibility index (Phi) is 5.85. The highest BCUT2D eigenvalue weighted by Crippen LogP contribution is 2.35. The molecule has 0 aliphatic heterocycles. The number of aryl methyl sites for hydroxylation is 1. The van der Waals surface area contributed by atoms with Crippen LogP contribution in [0.5, 0.6) is 0 Å². The second-order valence-electron chi connectivity index (χ2n) is 5.25. The third-order valence-electron chi connectivity index (χ3n) is 3.51. The SMILES string of the molecule is Cc1nc(-c2ccc(Cl)s2)sc1C(=O)NCC(N)C1CC1.Cl. The van der Waals surface area contributed by atoms with E-state index < -0.39 is 0 Å². The summed E-state index contributed by atoms with van der Waals surface area (Å²) in [4.78, 5) is 18.4. The minimum atomic E-state index is -0.0880. The first-order chi connectivity index (χ1) is 10.0. The summed E-state index contributed by atoms with van der Waals surface area (Å²) in [6.45, 7) is 2.38. The maximum Gasteiger partial charge on any atom is 0.263 e. The van der Waals surface area contributed by atoms with E-state index in [2.05, 4.69) is 10.3 Å². The molecular formula is C14H17Cl2N3OS2. The molecule has 2 aromatic rings. The van der Waals surface area contributed by atoms with Crippen LogP contribution in [0.2, 0.25) is 4.34 Å². The largest absolute Gasteiger partial charge is 0.350 e. The predicted octanol–water partition coefficient (Wildman–Crippen LogP) is 3.72. The maximum absolute atomic E-state index is 12.2. The van der Waals surface area contributed by atoms with Gasteiger partial charge in [0.15, 0.2) is 0 Å². The number of nitrogens with zero attached hydrogens (tertiary/aromatic N) is 1. The van der Waals surface area contributed by atoms with Crippen LogP contribution >= 0.6 is 46.7 Å². The zero-order valence-electron chi connectivity index (χ0n) is 12.0. The summed E-state index contributed by atoms with van der Waals surface area (Å²) in [5.41, 5.74) is 6.75. The van der Waals surface area contributed by atoms with Gasteiger partial charge >= 0.3 is 0 Å². The first kappa shape index (κ1) is 17.7. The lowest BCUT2D eigenvalue weighted by atomic mass is 10.2. The number of hydrogen-bond acceptors (Lipinski definition) is 5. The molecule has 1 aliphatic carbocycles. The van der Waals surface area contributed by atoms with Gasteiger partial charge in [-0.15, -0.1) is 35.1 Å². The van der Waals surface area contributed by atoms with Crippen LogP contribution in [0.3, 0.4) is 0 Å². The lowest BCUT2D eigenvalue weighted by molar-refractivity contribution is 0.0953. The van der Waals surface area contributed by atoms with Crippen LogP contribution < -0.4 is 11.1 Å². The summed E-state index contributed by atoms with van der Waals surface area (Å²) >= 11 is 8.81. The molecule has 1 amide bonds. The van der Waals surface area contributed by atoms with Crippen LogP contribution in [-0.4, -0.2) is 23.5 Å². The van der Waals surface area contributed by atoms with E-state index >= 15 is 0 Å². The molecule has 8 heteroatoms. The van der Waals surface area contributed by atoms with Crippen molar-refractivity contribution in [3.05, 3.63) is 27.0 Å². The topological polar surface area (TPSA) is 68.0 Å². The Labute approximate surface area is 148 Å². The summed E-state index contributed by atoms with van der Waals surface area (Å²) < 4.78 is 0.722. The van der Waals surface area contributed by atoms with Gasteiger partial charge in [-0.25, -0.2) is 4.98 Å². The molecule has 4 nitrogen and oxygen atoms in total. The van der Waals surface area contributed by atoms with Gasteiger partial charge in [0, 0.05) is 12.6 Å². The van der Waals surface area contributed by atoms with E-state index in [0.717, 1.165) is 19.9 Å². The van der Waals surface area contributed by atoms with Crippen LogP contribution in [0.1, 0.15) is 28.2 Å². The normalized spacial score (nSPS) is 15.2. The fraction of sp³-hybridized carbons (Fsp3) is 0.429. The van der Waals surface area contributed by atoms with E-state index in [9.17, 15) is 4.79 Å². The summed E-state index contributed by atoms with van der Waals surface area (Å²) in [5.74, 6) is 0.492. The van der Waals surface area contributed by atoms with Crippen molar-refractivity contribution in [2.45, 2.75) is 25.8 Å². The lowest BCUT2D eigenvalue weighted by Gasteiger charge is -2.10. The number of aromatic nitrogens is 1. The molecule has 0 spiro atoms. The van der Waals surface area contributed by atoms with Crippen LogP contribution in [0.15, 0.2) is 12.1 Å². The number of nitrogens with two attached hydrogens (primary N) is 1. The molecule has 1 unspecified atom stereocenters. The van der Waals surface area contributed by atoms with E-state index in [4.69, 9.17) is 17.3 Å². The minimum Gasteiger partial charge on any atom is -0.350 e. The molecule has 1 fully saturated rings. The lowest BCUT2D eigenvalue weighted by Crippen LogP contribution is -2.38. The van der Waals surface area contributed by atoms with Gasteiger partial charge in [0.05, 0.1) is 14.9 Å².